The van der Waals surface area contributed by atoms with Crippen LogP contribution < -0.4 is 0 Å². The third kappa shape index (κ3) is 3.53. The Kier molecular flexibility index (Phi) is 4.59. The molecule has 1 fully saturated rings. The highest BCUT2D eigenvalue weighted by Crippen LogP contribution is 2.21. The van der Waals surface area contributed by atoms with Crippen LogP contribution in [0, 0.1) is 5.92 Å². The molecule has 1 heterocycles. The van der Waals surface area contributed by atoms with Crippen LogP contribution in [0.5, 0.6) is 0 Å². The first kappa shape index (κ1) is 12.0. The van der Waals surface area contributed by atoms with Gasteiger partial charge in [-0.15, -0.1) is 0 Å². The lowest BCUT2D eigenvalue weighted by molar-refractivity contribution is -0.147. The van der Waals surface area contributed by atoms with Gasteiger partial charge in [-0.05, 0) is 19.3 Å². The number of ether oxygens (including phenoxy) is 1. The number of amides is 1. The van der Waals surface area contributed by atoms with Crippen molar-refractivity contribution in [1.29, 1.82) is 0 Å². The standard InChI is InChI=1S/C11H19NO3/c1-3-5-9-6-10(13)12(7-9)8-11(14)15-4-2/h9H,3-8H2,1-2H3. The van der Waals surface area contributed by atoms with Gasteiger partial charge in [0.25, 0.3) is 0 Å². The predicted octanol–water partition coefficient (Wildman–Crippen LogP) is 1.20. The van der Waals surface area contributed by atoms with Gasteiger partial charge in [0.05, 0.1) is 6.61 Å². The molecule has 1 atom stereocenters. The first-order valence-electron chi connectivity index (χ1n) is 5.60. The van der Waals surface area contributed by atoms with Gasteiger partial charge >= 0.3 is 5.97 Å². The average molecular weight is 213 g/mol. The maximum atomic E-state index is 11.5. The molecule has 0 aromatic carbocycles. The Morgan fingerprint density at radius 2 is 2.27 bits per heavy atom. The van der Waals surface area contributed by atoms with Crippen LogP contribution in [0.25, 0.3) is 0 Å². The van der Waals surface area contributed by atoms with Crippen molar-refractivity contribution in [3.63, 3.8) is 0 Å². The van der Waals surface area contributed by atoms with E-state index in [9.17, 15) is 9.59 Å². The highest BCUT2D eigenvalue weighted by molar-refractivity contribution is 5.83. The van der Waals surface area contributed by atoms with E-state index in [0.29, 0.717) is 25.5 Å². The summed E-state index contributed by atoms with van der Waals surface area (Å²) in [5, 5.41) is 0. The maximum Gasteiger partial charge on any atom is 0.325 e. The number of likely N-dealkylation sites (tertiary alicyclic amines) is 1. The molecule has 0 bridgehead atoms. The first-order chi connectivity index (χ1) is 7.17. The SMILES string of the molecule is CCCC1CC(=O)N(CC(=O)OCC)C1. The molecule has 15 heavy (non-hydrogen) atoms. The van der Waals surface area contributed by atoms with E-state index < -0.39 is 0 Å². The minimum Gasteiger partial charge on any atom is -0.465 e. The lowest BCUT2D eigenvalue weighted by Gasteiger charge is -2.15. The molecule has 4 nitrogen and oxygen atoms in total. The minimum absolute atomic E-state index is 0.0847. The number of hydrogen-bond acceptors (Lipinski definition) is 3. The Morgan fingerprint density at radius 3 is 2.87 bits per heavy atom. The fourth-order valence-corrected chi connectivity index (χ4v) is 1.97. The van der Waals surface area contributed by atoms with Crippen LogP contribution in [-0.4, -0.2) is 36.5 Å². The van der Waals surface area contributed by atoms with Crippen molar-refractivity contribution in [3.05, 3.63) is 0 Å². The second kappa shape index (κ2) is 5.73. The smallest absolute Gasteiger partial charge is 0.325 e. The summed E-state index contributed by atoms with van der Waals surface area (Å²) in [6.07, 6.45) is 2.74. The van der Waals surface area contributed by atoms with Crippen molar-refractivity contribution >= 4 is 11.9 Å². The first-order valence-corrected chi connectivity index (χ1v) is 5.60. The molecule has 1 amide bonds. The van der Waals surface area contributed by atoms with E-state index >= 15 is 0 Å². The molecule has 86 valence electrons. The molecule has 0 aromatic heterocycles. The molecule has 4 heteroatoms. The summed E-state index contributed by atoms with van der Waals surface area (Å²) in [5.74, 6) is 0.210. The van der Waals surface area contributed by atoms with Crippen LogP contribution in [-0.2, 0) is 14.3 Å². The fourth-order valence-electron chi connectivity index (χ4n) is 1.97. The average Bonchev–Trinajstić information content (AvgIpc) is 2.48. The lowest BCUT2D eigenvalue weighted by atomic mass is 10.0. The number of carbonyl (C=O) groups is 2. The zero-order valence-corrected chi connectivity index (χ0v) is 9.49. The molecule has 1 unspecified atom stereocenters. The van der Waals surface area contributed by atoms with Gasteiger partial charge in [0.1, 0.15) is 6.54 Å². The van der Waals surface area contributed by atoms with E-state index in [-0.39, 0.29) is 18.4 Å². The third-order valence-corrected chi connectivity index (χ3v) is 2.62. The van der Waals surface area contributed by atoms with Crippen LogP contribution in [0.2, 0.25) is 0 Å². The van der Waals surface area contributed by atoms with Gasteiger partial charge in [0.2, 0.25) is 5.91 Å². The van der Waals surface area contributed by atoms with Crippen molar-refractivity contribution in [2.24, 2.45) is 5.92 Å². The summed E-state index contributed by atoms with van der Waals surface area (Å²) in [5.41, 5.74) is 0. The molecule has 1 saturated heterocycles. The van der Waals surface area contributed by atoms with Crippen LogP contribution in [0.3, 0.4) is 0 Å². The highest BCUT2D eigenvalue weighted by atomic mass is 16.5. The Morgan fingerprint density at radius 1 is 1.53 bits per heavy atom. The molecular formula is C11H19NO3. The molecule has 0 spiro atoms. The van der Waals surface area contributed by atoms with E-state index in [1.165, 1.54) is 0 Å². The van der Waals surface area contributed by atoms with Crippen molar-refractivity contribution in [1.82, 2.24) is 4.90 Å². The Balaban J connectivity index is 2.37. The van der Waals surface area contributed by atoms with Crippen molar-refractivity contribution in [2.75, 3.05) is 19.7 Å². The van der Waals surface area contributed by atoms with Crippen molar-refractivity contribution < 1.29 is 14.3 Å². The number of carbonyl (C=O) groups excluding carboxylic acids is 2. The number of esters is 1. The van der Waals surface area contributed by atoms with E-state index in [1.807, 2.05) is 0 Å². The number of rotatable bonds is 5. The fraction of sp³-hybridized carbons (Fsp3) is 0.818. The van der Waals surface area contributed by atoms with E-state index in [0.717, 1.165) is 12.8 Å². The van der Waals surface area contributed by atoms with Gasteiger partial charge in [-0.3, -0.25) is 9.59 Å². The Hall–Kier alpha value is -1.06. The van der Waals surface area contributed by atoms with E-state index in [2.05, 4.69) is 6.92 Å². The molecule has 1 rings (SSSR count). The Labute approximate surface area is 90.6 Å². The van der Waals surface area contributed by atoms with Crippen LogP contribution in [0.1, 0.15) is 33.1 Å². The summed E-state index contributed by atoms with van der Waals surface area (Å²) >= 11 is 0. The van der Waals surface area contributed by atoms with Crippen molar-refractivity contribution in [3.8, 4) is 0 Å². The van der Waals surface area contributed by atoms with Gasteiger partial charge in [-0.1, -0.05) is 13.3 Å². The molecule has 0 saturated carbocycles. The largest absolute Gasteiger partial charge is 0.465 e. The van der Waals surface area contributed by atoms with E-state index in [1.54, 1.807) is 11.8 Å². The monoisotopic (exact) mass is 213 g/mol. The van der Waals surface area contributed by atoms with E-state index in [4.69, 9.17) is 4.74 Å². The van der Waals surface area contributed by atoms with Crippen LogP contribution >= 0.6 is 0 Å². The summed E-state index contributed by atoms with van der Waals surface area (Å²) in [4.78, 5) is 24.3. The zero-order valence-electron chi connectivity index (χ0n) is 9.49. The Bertz CT molecular complexity index is 240. The quantitative estimate of drug-likeness (QED) is 0.645. The normalized spacial score (nSPS) is 20.8. The van der Waals surface area contributed by atoms with Gasteiger partial charge in [-0.25, -0.2) is 0 Å². The molecule has 1 aliphatic heterocycles. The lowest BCUT2D eigenvalue weighted by Crippen LogP contribution is -2.32. The second-order valence-corrected chi connectivity index (χ2v) is 3.94. The minimum atomic E-state index is -0.303. The zero-order chi connectivity index (χ0) is 11.3. The highest BCUT2D eigenvalue weighted by Gasteiger charge is 2.30. The third-order valence-electron chi connectivity index (χ3n) is 2.62. The summed E-state index contributed by atoms with van der Waals surface area (Å²) < 4.78 is 4.81. The maximum absolute atomic E-state index is 11.5. The molecule has 0 aromatic rings. The number of hydrogen-bond donors (Lipinski definition) is 0. The predicted molar refractivity (Wildman–Crippen MR) is 56.2 cm³/mol. The molecule has 0 aliphatic carbocycles. The number of nitrogens with zero attached hydrogens (tertiary/aromatic N) is 1. The summed E-state index contributed by atoms with van der Waals surface area (Å²) in [6, 6.07) is 0. The second-order valence-electron chi connectivity index (χ2n) is 3.94. The molecule has 0 radical (unpaired) electrons. The van der Waals surface area contributed by atoms with Gasteiger partial charge in [0, 0.05) is 13.0 Å². The molecular weight excluding hydrogens is 194 g/mol. The van der Waals surface area contributed by atoms with Gasteiger partial charge in [-0.2, -0.15) is 0 Å². The van der Waals surface area contributed by atoms with Crippen LogP contribution in [0.15, 0.2) is 0 Å². The van der Waals surface area contributed by atoms with Gasteiger partial charge in [0.15, 0.2) is 0 Å². The molecule has 1 aliphatic rings. The summed E-state index contributed by atoms with van der Waals surface area (Å²) in [7, 11) is 0. The van der Waals surface area contributed by atoms with Gasteiger partial charge < -0.3 is 9.64 Å². The molecule has 0 N–H and O–H groups in total. The van der Waals surface area contributed by atoms with Crippen LogP contribution in [0.4, 0.5) is 0 Å². The topological polar surface area (TPSA) is 46.6 Å². The van der Waals surface area contributed by atoms with Crippen molar-refractivity contribution in [2.45, 2.75) is 33.1 Å². The summed E-state index contributed by atoms with van der Waals surface area (Å²) in [6.45, 7) is 5.08.